The number of rotatable bonds is 3. The SMILES string of the molecule is Cc1cc(C(=O)N2CCCN(S(=O)(=O)c3cnc[nH]3)CC2)no1. The molecule has 1 aliphatic heterocycles. The van der Waals surface area contributed by atoms with E-state index in [-0.39, 0.29) is 23.2 Å². The summed E-state index contributed by atoms with van der Waals surface area (Å²) >= 11 is 0. The van der Waals surface area contributed by atoms with Gasteiger partial charge in [0.2, 0.25) is 0 Å². The topological polar surface area (TPSA) is 112 Å². The van der Waals surface area contributed by atoms with Crippen molar-refractivity contribution in [1.29, 1.82) is 0 Å². The Labute approximate surface area is 133 Å². The minimum Gasteiger partial charge on any atom is -0.361 e. The number of nitrogens with one attached hydrogen (secondary N) is 1. The third-order valence-electron chi connectivity index (χ3n) is 3.68. The Balaban J connectivity index is 1.71. The first-order valence-electron chi connectivity index (χ1n) is 7.19. The number of aromatic nitrogens is 3. The van der Waals surface area contributed by atoms with E-state index in [2.05, 4.69) is 15.1 Å². The second-order valence-electron chi connectivity index (χ2n) is 5.29. The summed E-state index contributed by atoms with van der Waals surface area (Å²) in [7, 11) is -3.61. The van der Waals surface area contributed by atoms with Crippen LogP contribution >= 0.6 is 0 Å². The third kappa shape index (κ3) is 3.13. The van der Waals surface area contributed by atoms with E-state index < -0.39 is 10.0 Å². The van der Waals surface area contributed by atoms with Crippen LogP contribution < -0.4 is 0 Å². The van der Waals surface area contributed by atoms with Gasteiger partial charge in [-0.05, 0) is 13.3 Å². The first kappa shape index (κ1) is 15.7. The van der Waals surface area contributed by atoms with Crippen LogP contribution in [-0.2, 0) is 10.0 Å². The van der Waals surface area contributed by atoms with Crippen LogP contribution in [0.1, 0.15) is 22.7 Å². The molecule has 3 heterocycles. The van der Waals surface area contributed by atoms with Gasteiger partial charge in [-0.3, -0.25) is 4.79 Å². The average molecular weight is 339 g/mol. The van der Waals surface area contributed by atoms with Crippen LogP contribution in [0.25, 0.3) is 0 Å². The minimum absolute atomic E-state index is 0.0596. The Hall–Kier alpha value is -2.20. The van der Waals surface area contributed by atoms with Crippen LogP contribution in [0.2, 0.25) is 0 Å². The minimum atomic E-state index is -3.61. The lowest BCUT2D eigenvalue weighted by Gasteiger charge is -2.20. The predicted molar refractivity (Wildman–Crippen MR) is 79.1 cm³/mol. The van der Waals surface area contributed by atoms with Gasteiger partial charge in [0.25, 0.3) is 15.9 Å². The maximum Gasteiger partial charge on any atom is 0.276 e. The van der Waals surface area contributed by atoms with Gasteiger partial charge in [0, 0.05) is 32.2 Å². The molecule has 0 radical (unpaired) electrons. The molecule has 2 aromatic rings. The van der Waals surface area contributed by atoms with Crippen molar-refractivity contribution in [3.8, 4) is 0 Å². The van der Waals surface area contributed by atoms with Crippen molar-refractivity contribution in [2.45, 2.75) is 18.4 Å². The van der Waals surface area contributed by atoms with E-state index in [1.807, 2.05) is 0 Å². The quantitative estimate of drug-likeness (QED) is 0.857. The zero-order valence-electron chi connectivity index (χ0n) is 12.6. The highest BCUT2D eigenvalue weighted by Crippen LogP contribution is 2.16. The molecule has 1 aliphatic rings. The number of carbonyl (C=O) groups excluding carboxylic acids is 1. The van der Waals surface area contributed by atoms with Crippen LogP contribution in [-0.4, -0.2) is 64.8 Å². The molecular formula is C13H17N5O4S. The van der Waals surface area contributed by atoms with Crippen LogP contribution in [0.5, 0.6) is 0 Å². The normalized spacial score (nSPS) is 17.2. The summed E-state index contributed by atoms with van der Waals surface area (Å²) < 4.78 is 31.2. The van der Waals surface area contributed by atoms with Crippen molar-refractivity contribution in [1.82, 2.24) is 24.3 Å². The molecule has 124 valence electrons. The molecule has 1 saturated heterocycles. The Bertz CT molecular complexity index is 783. The number of hydrogen-bond donors (Lipinski definition) is 1. The molecule has 0 saturated carbocycles. The van der Waals surface area contributed by atoms with E-state index in [4.69, 9.17) is 4.52 Å². The predicted octanol–water partition coefficient (Wildman–Crippen LogP) is 0.243. The van der Waals surface area contributed by atoms with Gasteiger partial charge in [-0.15, -0.1) is 0 Å². The second kappa shape index (κ2) is 6.13. The van der Waals surface area contributed by atoms with Crippen LogP contribution in [0, 0.1) is 6.92 Å². The summed E-state index contributed by atoms with van der Waals surface area (Å²) in [6, 6.07) is 1.58. The highest BCUT2D eigenvalue weighted by molar-refractivity contribution is 7.89. The number of carbonyl (C=O) groups is 1. The molecule has 0 unspecified atom stereocenters. The van der Waals surface area contributed by atoms with Crippen molar-refractivity contribution in [2.24, 2.45) is 0 Å². The van der Waals surface area contributed by atoms with Gasteiger partial charge >= 0.3 is 0 Å². The first-order valence-corrected chi connectivity index (χ1v) is 8.63. The molecule has 0 atom stereocenters. The van der Waals surface area contributed by atoms with Crippen LogP contribution in [0.3, 0.4) is 0 Å². The molecule has 3 rings (SSSR count). The molecule has 23 heavy (non-hydrogen) atoms. The van der Waals surface area contributed by atoms with E-state index in [0.29, 0.717) is 31.8 Å². The monoisotopic (exact) mass is 339 g/mol. The summed E-state index contributed by atoms with van der Waals surface area (Å²) in [4.78, 5) is 20.3. The number of nitrogens with zero attached hydrogens (tertiary/aromatic N) is 4. The summed E-state index contributed by atoms with van der Waals surface area (Å²) in [5.41, 5.74) is 0.243. The van der Waals surface area contributed by atoms with Crippen LogP contribution in [0.15, 0.2) is 28.1 Å². The molecule has 0 spiro atoms. The van der Waals surface area contributed by atoms with Crippen molar-refractivity contribution in [2.75, 3.05) is 26.2 Å². The molecule has 1 N–H and O–H groups in total. The Morgan fingerprint density at radius 3 is 2.78 bits per heavy atom. The fourth-order valence-corrected chi connectivity index (χ4v) is 3.86. The third-order valence-corrected chi connectivity index (χ3v) is 5.50. The van der Waals surface area contributed by atoms with Gasteiger partial charge in [0.15, 0.2) is 10.7 Å². The number of aryl methyl sites for hydroxylation is 1. The molecular weight excluding hydrogens is 322 g/mol. The van der Waals surface area contributed by atoms with Gasteiger partial charge < -0.3 is 14.4 Å². The number of imidazole rings is 1. The second-order valence-corrected chi connectivity index (χ2v) is 7.19. The lowest BCUT2D eigenvalue weighted by Crippen LogP contribution is -2.37. The standard InChI is InChI=1S/C13H17N5O4S/c1-10-7-11(16-22-10)13(19)17-3-2-4-18(6-5-17)23(20,21)12-8-14-9-15-12/h7-9H,2-6H2,1H3,(H,14,15). The summed E-state index contributed by atoms with van der Waals surface area (Å²) in [6.45, 7) is 3.07. The summed E-state index contributed by atoms with van der Waals surface area (Å²) in [5.74, 6) is 0.314. The first-order chi connectivity index (χ1) is 11.0. The van der Waals surface area contributed by atoms with E-state index in [9.17, 15) is 13.2 Å². The maximum absolute atomic E-state index is 12.5. The van der Waals surface area contributed by atoms with Crippen molar-refractivity contribution in [3.05, 3.63) is 30.0 Å². The lowest BCUT2D eigenvalue weighted by atomic mass is 10.3. The van der Waals surface area contributed by atoms with E-state index in [1.165, 1.54) is 16.8 Å². The number of aromatic amines is 1. The smallest absolute Gasteiger partial charge is 0.276 e. The molecule has 0 bridgehead atoms. The lowest BCUT2D eigenvalue weighted by molar-refractivity contribution is 0.0754. The molecule has 1 fully saturated rings. The Morgan fingerprint density at radius 1 is 1.30 bits per heavy atom. The van der Waals surface area contributed by atoms with Gasteiger partial charge in [-0.2, -0.15) is 4.31 Å². The zero-order valence-corrected chi connectivity index (χ0v) is 13.4. The molecule has 9 nitrogen and oxygen atoms in total. The van der Waals surface area contributed by atoms with E-state index >= 15 is 0 Å². The highest BCUT2D eigenvalue weighted by Gasteiger charge is 2.30. The molecule has 2 aromatic heterocycles. The van der Waals surface area contributed by atoms with Gasteiger partial charge in [0.1, 0.15) is 5.76 Å². The number of H-pyrrole nitrogens is 1. The Kier molecular flexibility index (Phi) is 4.18. The zero-order chi connectivity index (χ0) is 16.4. The maximum atomic E-state index is 12.5. The number of sulfonamides is 1. The van der Waals surface area contributed by atoms with Gasteiger partial charge in [0.05, 0.1) is 12.5 Å². The van der Waals surface area contributed by atoms with E-state index in [1.54, 1.807) is 17.9 Å². The van der Waals surface area contributed by atoms with Crippen molar-refractivity contribution >= 4 is 15.9 Å². The van der Waals surface area contributed by atoms with E-state index in [0.717, 1.165) is 0 Å². The summed E-state index contributed by atoms with van der Waals surface area (Å²) in [5, 5.41) is 3.78. The number of amides is 1. The highest BCUT2D eigenvalue weighted by atomic mass is 32.2. The van der Waals surface area contributed by atoms with Gasteiger partial charge in [-0.25, -0.2) is 13.4 Å². The average Bonchev–Trinajstić information content (AvgIpc) is 3.13. The fourth-order valence-electron chi connectivity index (χ4n) is 2.49. The molecule has 1 amide bonds. The van der Waals surface area contributed by atoms with Crippen molar-refractivity contribution in [3.63, 3.8) is 0 Å². The summed E-state index contributed by atoms with van der Waals surface area (Å²) in [6.07, 6.45) is 3.16. The van der Waals surface area contributed by atoms with Crippen LogP contribution in [0.4, 0.5) is 0 Å². The number of hydrogen-bond acceptors (Lipinski definition) is 6. The van der Waals surface area contributed by atoms with Gasteiger partial charge in [-0.1, -0.05) is 5.16 Å². The van der Waals surface area contributed by atoms with Crippen molar-refractivity contribution < 1.29 is 17.7 Å². The molecule has 10 heteroatoms. The Morgan fingerprint density at radius 2 is 2.13 bits per heavy atom. The molecule has 0 aromatic carbocycles. The molecule has 0 aliphatic carbocycles. The fraction of sp³-hybridized carbons (Fsp3) is 0.462. The largest absolute Gasteiger partial charge is 0.361 e.